The molecule has 2 nitrogen and oxygen atoms in total. The minimum Gasteiger partial charge on any atom is -0.491 e. The van der Waals surface area contributed by atoms with Gasteiger partial charge in [-0.05, 0) is 51.8 Å². The Labute approximate surface area is 105 Å². The van der Waals surface area contributed by atoms with Crippen molar-refractivity contribution in [1.82, 2.24) is 5.32 Å². The summed E-state index contributed by atoms with van der Waals surface area (Å²) in [5.74, 6) is 0.957. The predicted molar refractivity (Wildman–Crippen MR) is 73.4 cm³/mol. The highest BCUT2D eigenvalue weighted by Crippen LogP contribution is 2.15. The molecule has 0 aliphatic carbocycles. The molecule has 1 unspecified atom stereocenters. The molecular formula is C15H25NO. The van der Waals surface area contributed by atoms with E-state index < -0.39 is 0 Å². The summed E-state index contributed by atoms with van der Waals surface area (Å²) < 4.78 is 5.74. The van der Waals surface area contributed by atoms with E-state index in [1.165, 1.54) is 5.56 Å². The minimum atomic E-state index is 0.159. The summed E-state index contributed by atoms with van der Waals surface area (Å²) >= 11 is 0. The van der Waals surface area contributed by atoms with Crippen LogP contribution < -0.4 is 10.1 Å². The zero-order valence-corrected chi connectivity index (χ0v) is 11.7. The fourth-order valence-electron chi connectivity index (χ4n) is 1.37. The number of benzene rings is 1. The van der Waals surface area contributed by atoms with Crippen LogP contribution >= 0.6 is 0 Å². The van der Waals surface area contributed by atoms with Crippen LogP contribution in [0.25, 0.3) is 0 Å². The van der Waals surface area contributed by atoms with Crippen molar-refractivity contribution < 1.29 is 4.74 Å². The third-order valence-corrected chi connectivity index (χ3v) is 2.66. The third kappa shape index (κ3) is 5.73. The quantitative estimate of drug-likeness (QED) is 0.839. The maximum absolute atomic E-state index is 5.74. The fourth-order valence-corrected chi connectivity index (χ4v) is 1.37. The highest BCUT2D eigenvalue weighted by Gasteiger charge is 2.08. The van der Waals surface area contributed by atoms with E-state index in [0.717, 1.165) is 18.7 Å². The summed E-state index contributed by atoms with van der Waals surface area (Å²) in [5.41, 5.74) is 1.45. The molecule has 96 valence electrons. The summed E-state index contributed by atoms with van der Waals surface area (Å²) in [6.45, 7) is 11.6. The van der Waals surface area contributed by atoms with Crippen molar-refractivity contribution in [2.45, 2.75) is 59.2 Å². The van der Waals surface area contributed by atoms with Gasteiger partial charge in [0.15, 0.2) is 0 Å². The van der Waals surface area contributed by atoms with Crippen molar-refractivity contribution in [3.63, 3.8) is 0 Å². The molecule has 1 aromatic carbocycles. The van der Waals surface area contributed by atoms with Crippen LogP contribution in [0, 0.1) is 0 Å². The Kier molecular flexibility index (Phi) is 5.01. The minimum absolute atomic E-state index is 0.159. The van der Waals surface area contributed by atoms with Crippen LogP contribution in [0.2, 0.25) is 0 Å². The van der Waals surface area contributed by atoms with Gasteiger partial charge >= 0.3 is 0 Å². The Balaban J connectivity index is 2.50. The van der Waals surface area contributed by atoms with Crippen LogP contribution in [0.1, 0.15) is 46.6 Å². The van der Waals surface area contributed by atoms with Gasteiger partial charge in [-0.15, -0.1) is 0 Å². The second-order valence-electron chi connectivity index (χ2n) is 5.58. The second-order valence-corrected chi connectivity index (χ2v) is 5.58. The van der Waals surface area contributed by atoms with Crippen molar-refractivity contribution in [2.75, 3.05) is 0 Å². The number of nitrogens with one attached hydrogen (secondary N) is 1. The monoisotopic (exact) mass is 235 g/mol. The maximum atomic E-state index is 5.74. The Morgan fingerprint density at radius 1 is 1.18 bits per heavy atom. The van der Waals surface area contributed by atoms with Gasteiger partial charge in [-0.1, -0.05) is 19.1 Å². The third-order valence-electron chi connectivity index (χ3n) is 2.66. The van der Waals surface area contributed by atoms with Gasteiger partial charge in [0.05, 0.1) is 6.10 Å². The summed E-state index contributed by atoms with van der Waals surface area (Å²) in [6.07, 6.45) is 1.32. The molecule has 1 N–H and O–H groups in total. The zero-order chi connectivity index (χ0) is 12.9. The molecule has 0 heterocycles. The summed E-state index contributed by atoms with van der Waals surface area (Å²) in [4.78, 5) is 0. The maximum Gasteiger partial charge on any atom is 0.119 e. The van der Waals surface area contributed by atoms with Gasteiger partial charge in [-0.25, -0.2) is 0 Å². The largest absolute Gasteiger partial charge is 0.491 e. The van der Waals surface area contributed by atoms with E-state index in [1.54, 1.807) is 0 Å². The van der Waals surface area contributed by atoms with E-state index >= 15 is 0 Å². The van der Waals surface area contributed by atoms with Crippen LogP contribution in [0.4, 0.5) is 0 Å². The standard InChI is InChI=1S/C15H25NO/c1-6-12(2)17-14-9-7-13(8-10-14)11-16-15(3,4)5/h7-10,12,16H,6,11H2,1-5H3. The summed E-state index contributed by atoms with van der Waals surface area (Å²) in [7, 11) is 0. The van der Waals surface area contributed by atoms with Crippen LogP contribution in [-0.2, 0) is 6.54 Å². The van der Waals surface area contributed by atoms with Crippen LogP contribution in [-0.4, -0.2) is 11.6 Å². The molecular weight excluding hydrogens is 210 g/mol. The first-order chi connectivity index (χ1) is 7.90. The van der Waals surface area contributed by atoms with Crippen LogP contribution in [0.5, 0.6) is 5.75 Å². The molecule has 0 radical (unpaired) electrons. The average molecular weight is 235 g/mol. The van der Waals surface area contributed by atoms with Gasteiger partial charge < -0.3 is 10.1 Å². The van der Waals surface area contributed by atoms with E-state index in [4.69, 9.17) is 4.74 Å². The van der Waals surface area contributed by atoms with Crippen LogP contribution in [0.3, 0.4) is 0 Å². The average Bonchev–Trinajstić information content (AvgIpc) is 2.27. The van der Waals surface area contributed by atoms with Gasteiger partial charge in [0.2, 0.25) is 0 Å². The van der Waals surface area contributed by atoms with E-state index in [2.05, 4.69) is 52.1 Å². The molecule has 0 spiro atoms. The van der Waals surface area contributed by atoms with Gasteiger partial charge in [-0.2, -0.15) is 0 Å². The Morgan fingerprint density at radius 3 is 2.24 bits per heavy atom. The smallest absolute Gasteiger partial charge is 0.119 e. The molecule has 1 aromatic rings. The lowest BCUT2D eigenvalue weighted by Crippen LogP contribution is -2.35. The lowest BCUT2D eigenvalue weighted by atomic mass is 10.1. The topological polar surface area (TPSA) is 21.3 Å². The first kappa shape index (κ1) is 14.0. The van der Waals surface area contributed by atoms with Crippen LogP contribution in [0.15, 0.2) is 24.3 Å². The summed E-state index contributed by atoms with van der Waals surface area (Å²) in [6, 6.07) is 8.34. The molecule has 0 fully saturated rings. The molecule has 1 atom stereocenters. The Morgan fingerprint density at radius 2 is 1.76 bits per heavy atom. The normalized spacial score (nSPS) is 13.5. The molecule has 0 amide bonds. The van der Waals surface area contributed by atoms with E-state index in [1.807, 2.05) is 12.1 Å². The number of hydrogen-bond donors (Lipinski definition) is 1. The molecule has 17 heavy (non-hydrogen) atoms. The Bertz CT molecular complexity index is 324. The molecule has 0 aliphatic rings. The number of hydrogen-bond acceptors (Lipinski definition) is 2. The lowest BCUT2D eigenvalue weighted by molar-refractivity contribution is 0.217. The molecule has 0 aliphatic heterocycles. The number of ether oxygens (including phenoxy) is 1. The van der Waals surface area contributed by atoms with Gasteiger partial charge in [-0.3, -0.25) is 0 Å². The zero-order valence-electron chi connectivity index (χ0n) is 11.7. The molecule has 0 saturated heterocycles. The first-order valence-electron chi connectivity index (χ1n) is 6.41. The first-order valence-corrected chi connectivity index (χ1v) is 6.41. The molecule has 1 rings (SSSR count). The lowest BCUT2D eigenvalue weighted by Gasteiger charge is -2.20. The fraction of sp³-hybridized carbons (Fsp3) is 0.600. The predicted octanol–water partition coefficient (Wildman–Crippen LogP) is 3.75. The van der Waals surface area contributed by atoms with Gasteiger partial charge in [0, 0.05) is 12.1 Å². The Hall–Kier alpha value is -1.02. The molecule has 0 bridgehead atoms. The van der Waals surface area contributed by atoms with E-state index in [0.29, 0.717) is 0 Å². The van der Waals surface area contributed by atoms with Crippen molar-refractivity contribution in [3.05, 3.63) is 29.8 Å². The van der Waals surface area contributed by atoms with Gasteiger partial charge in [0.1, 0.15) is 5.75 Å². The highest BCUT2D eigenvalue weighted by atomic mass is 16.5. The summed E-state index contributed by atoms with van der Waals surface area (Å²) in [5, 5.41) is 3.47. The van der Waals surface area contributed by atoms with Crippen molar-refractivity contribution >= 4 is 0 Å². The van der Waals surface area contributed by atoms with Crippen molar-refractivity contribution in [1.29, 1.82) is 0 Å². The highest BCUT2D eigenvalue weighted by molar-refractivity contribution is 5.27. The van der Waals surface area contributed by atoms with Gasteiger partial charge in [0.25, 0.3) is 0 Å². The van der Waals surface area contributed by atoms with E-state index in [-0.39, 0.29) is 11.6 Å². The van der Waals surface area contributed by atoms with E-state index in [9.17, 15) is 0 Å². The SMILES string of the molecule is CCC(C)Oc1ccc(CNC(C)(C)C)cc1. The second kappa shape index (κ2) is 6.06. The van der Waals surface area contributed by atoms with Crippen molar-refractivity contribution in [2.24, 2.45) is 0 Å². The molecule has 2 heteroatoms. The molecule has 0 aromatic heterocycles. The molecule has 0 saturated carbocycles. The van der Waals surface area contributed by atoms with Crippen molar-refractivity contribution in [3.8, 4) is 5.75 Å². The number of rotatable bonds is 5.